The fraction of sp³-hybridized carbons (Fsp3) is 0.278. The third-order valence-corrected chi connectivity index (χ3v) is 5.61. The standard InChI is InChI=1S/C18H19ClN2O4S/c1-13-12-21(8-9-25-13)18(22)14-4-2-7-17(10-14)26(23,24)20-16-6-3-5-15(19)11-16/h2-7,10-11,13,20H,8-9,12H2,1H3. The molecule has 1 heterocycles. The van der Waals surface area contributed by atoms with Crippen LogP contribution in [0.5, 0.6) is 0 Å². The maximum Gasteiger partial charge on any atom is 0.261 e. The molecule has 1 fully saturated rings. The largest absolute Gasteiger partial charge is 0.375 e. The molecule has 138 valence electrons. The molecule has 0 aromatic heterocycles. The van der Waals surface area contributed by atoms with Crippen molar-refractivity contribution in [3.8, 4) is 0 Å². The summed E-state index contributed by atoms with van der Waals surface area (Å²) in [4.78, 5) is 14.4. The minimum Gasteiger partial charge on any atom is -0.375 e. The highest BCUT2D eigenvalue weighted by Gasteiger charge is 2.24. The lowest BCUT2D eigenvalue weighted by molar-refractivity contribution is -0.0124. The van der Waals surface area contributed by atoms with Crippen molar-refractivity contribution in [2.75, 3.05) is 24.4 Å². The molecule has 1 aliphatic rings. The lowest BCUT2D eigenvalue weighted by Gasteiger charge is -2.31. The number of morpholine rings is 1. The van der Waals surface area contributed by atoms with Crippen molar-refractivity contribution in [1.82, 2.24) is 4.90 Å². The second kappa shape index (κ2) is 7.65. The molecule has 8 heteroatoms. The van der Waals surface area contributed by atoms with E-state index in [2.05, 4.69) is 4.72 Å². The lowest BCUT2D eigenvalue weighted by atomic mass is 10.2. The predicted octanol–water partition coefficient (Wildman–Crippen LogP) is 3.00. The van der Waals surface area contributed by atoms with Gasteiger partial charge >= 0.3 is 0 Å². The molecule has 6 nitrogen and oxygen atoms in total. The zero-order valence-electron chi connectivity index (χ0n) is 14.2. The second-order valence-corrected chi connectivity index (χ2v) is 8.20. The third kappa shape index (κ3) is 4.35. The van der Waals surface area contributed by atoms with Crippen molar-refractivity contribution in [3.05, 3.63) is 59.1 Å². The molecule has 1 N–H and O–H groups in total. The van der Waals surface area contributed by atoms with Gasteiger partial charge in [-0.3, -0.25) is 9.52 Å². The van der Waals surface area contributed by atoms with Crippen molar-refractivity contribution in [3.63, 3.8) is 0 Å². The van der Waals surface area contributed by atoms with E-state index in [9.17, 15) is 13.2 Å². The Bertz CT molecular complexity index is 917. The molecule has 2 aromatic rings. The van der Waals surface area contributed by atoms with E-state index in [0.717, 1.165) is 0 Å². The first-order valence-corrected chi connectivity index (χ1v) is 10.0. The van der Waals surface area contributed by atoms with E-state index >= 15 is 0 Å². The van der Waals surface area contributed by atoms with Gasteiger partial charge in [-0.25, -0.2) is 8.42 Å². The van der Waals surface area contributed by atoms with Crippen molar-refractivity contribution >= 4 is 33.2 Å². The summed E-state index contributed by atoms with van der Waals surface area (Å²) in [6.45, 7) is 3.34. The molecule has 0 bridgehead atoms. The first-order chi connectivity index (χ1) is 12.3. The van der Waals surface area contributed by atoms with Crippen LogP contribution in [-0.4, -0.2) is 45.0 Å². The number of rotatable bonds is 4. The fourth-order valence-corrected chi connectivity index (χ4v) is 4.03. The van der Waals surface area contributed by atoms with E-state index in [1.165, 1.54) is 18.2 Å². The van der Waals surface area contributed by atoms with Crippen LogP contribution in [0.2, 0.25) is 5.02 Å². The van der Waals surface area contributed by atoms with Crippen LogP contribution in [0.3, 0.4) is 0 Å². The molecular formula is C18H19ClN2O4S. The number of sulfonamides is 1. The van der Waals surface area contributed by atoms with Crippen LogP contribution >= 0.6 is 11.6 Å². The van der Waals surface area contributed by atoms with Crippen LogP contribution in [0.15, 0.2) is 53.4 Å². The smallest absolute Gasteiger partial charge is 0.261 e. The Labute approximate surface area is 157 Å². The van der Waals surface area contributed by atoms with Crippen molar-refractivity contribution < 1.29 is 17.9 Å². The topological polar surface area (TPSA) is 75.7 Å². The molecule has 0 radical (unpaired) electrons. The molecule has 26 heavy (non-hydrogen) atoms. The fourth-order valence-electron chi connectivity index (χ4n) is 2.75. The minimum atomic E-state index is -3.83. The number of nitrogens with zero attached hydrogens (tertiary/aromatic N) is 1. The van der Waals surface area contributed by atoms with Crippen LogP contribution < -0.4 is 4.72 Å². The highest BCUT2D eigenvalue weighted by Crippen LogP contribution is 2.21. The molecule has 1 atom stereocenters. The van der Waals surface area contributed by atoms with Crippen molar-refractivity contribution in [2.24, 2.45) is 0 Å². The summed E-state index contributed by atoms with van der Waals surface area (Å²) in [6, 6.07) is 12.4. The minimum absolute atomic E-state index is 0.0182. The Balaban J connectivity index is 1.83. The molecule has 1 unspecified atom stereocenters. The lowest BCUT2D eigenvalue weighted by Crippen LogP contribution is -2.44. The highest BCUT2D eigenvalue weighted by atomic mass is 35.5. The molecule has 0 saturated carbocycles. The molecule has 3 rings (SSSR count). The molecule has 1 saturated heterocycles. The Morgan fingerprint density at radius 1 is 1.23 bits per heavy atom. The number of anilines is 1. The first-order valence-electron chi connectivity index (χ1n) is 8.14. The van der Waals surface area contributed by atoms with Gasteiger partial charge in [-0.05, 0) is 43.3 Å². The Hall–Kier alpha value is -2.09. The SMILES string of the molecule is CC1CN(C(=O)c2cccc(S(=O)(=O)Nc3cccc(Cl)c3)c2)CCO1. The van der Waals surface area contributed by atoms with Crippen LogP contribution in [-0.2, 0) is 14.8 Å². The average Bonchev–Trinajstić information content (AvgIpc) is 2.61. The molecule has 0 spiro atoms. The number of ether oxygens (including phenoxy) is 1. The van der Waals surface area contributed by atoms with Gasteiger partial charge in [-0.1, -0.05) is 23.7 Å². The summed E-state index contributed by atoms with van der Waals surface area (Å²) in [7, 11) is -3.83. The number of hydrogen-bond donors (Lipinski definition) is 1. The highest BCUT2D eigenvalue weighted by molar-refractivity contribution is 7.92. The molecule has 1 aliphatic heterocycles. The van der Waals surface area contributed by atoms with E-state index in [-0.39, 0.29) is 16.9 Å². The number of carbonyl (C=O) groups excluding carboxylic acids is 1. The van der Waals surface area contributed by atoms with Gasteiger partial charge in [0.25, 0.3) is 15.9 Å². The van der Waals surface area contributed by atoms with Gasteiger partial charge in [0.1, 0.15) is 0 Å². The van der Waals surface area contributed by atoms with E-state index in [0.29, 0.717) is 36.0 Å². The van der Waals surface area contributed by atoms with Crippen LogP contribution in [0.1, 0.15) is 17.3 Å². The number of carbonyl (C=O) groups is 1. The Morgan fingerprint density at radius 2 is 2.00 bits per heavy atom. The Kier molecular flexibility index (Phi) is 5.50. The van der Waals surface area contributed by atoms with Gasteiger partial charge in [0.05, 0.1) is 23.3 Å². The molecule has 2 aromatic carbocycles. The van der Waals surface area contributed by atoms with Crippen molar-refractivity contribution in [2.45, 2.75) is 17.9 Å². The monoisotopic (exact) mass is 394 g/mol. The van der Waals surface area contributed by atoms with Crippen LogP contribution in [0, 0.1) is 0 Å². The van der Waals surface area contributed by atoms with Gasteiger partial charge in [-0.2, -0.15) is 0 Å². The van der Waals surface area contributed by atoms with Gasteiger partial charge in [-0.15, -0.1) is 0 Å². The summed E-state index contributed by atoms with van der Waals surface area (Å²) in [5.74, 6) is -0.208. The molecule has 0 aliphatic carbocycles. The average molecular weight is 395 g/mol. The van der Waals surface area contributed by atoms with Gasteiger partial charge < -0.3 is 9.64 Å². The van der Waals surface area contributed by atoms with Gasteiger partial charge in [0.15, 0.2) is 0 Å². The summed E-state index contributed by atoms with van der Waals surface area (Å²) in [5, 5.41) is 0.426. The second-order valence-electron chi connectivity index (χ2n) is 6.08. The number of nitrogens with one attached hydrogen (secondary N) is 1. The maximum absolute atomic E-state index is 12.7. The quantitative estimate of drug-likeness (QED) is 0.864. The predicted molar refractivity (Wildman–Crippen MR) is 100 cm³/mol. The molecule has 1 amide bonds. The third-order valence-electron chi connectivity index (χ3n) is 4.00. The molecular weight excluding hydrogens is 376 g/mol. The summed E-state index contributed by atoms with van der Waals surface area (Å²) in [5.41, 5.74) is 0.685. The zero-order chi connectivity index (χ0) is 18.7. The van der Waals surface area contributed by atoms with E-state index in [4.69, 9.17) is 16.3 Å². The van der Waals surface area contributed by atoms with Gasteiger partial charge in [0.2, 0.25) is 0 Å². The summed E-state index contributed by atoms with van der Waals surface area (Å²) >= 11 is 5.89. The first kappa shape index (κ1) is 18.7. The number of amides is 1. The van der Waals surface area contributed by atoms with Crippen LogP contribution in [0.4, 0.5) is 5.69 Å². The van der Waals surface area contributed by atoms with Crippen molar-refractivity contribution in [1.29, 1.82) is 0 Å². The number of benzene rings is 2. The number of hydrogen-bond acceptors (Lipinski definition) is 4. The summed E-state index contributed by atoms with van der Waals surface area (Å²) in [6.07, 6.45) is -0.0379. The van der Waals surface area contributed by atoms with E-state index < -0.39 is 10.0 Å². The maximum atomic E-state index is 12.7. The Morgan fingerprint density at radius 3 is 2.73 bits per heavy atom. The van der Waals surface area contributed by atoms with E-state index in [1.54, 1.807) is 35.2 Å². The van der Waals surface area contributed by atoms with Crippen LogP contribution in [0.25, 0.3) is 0 Å². The van der Waals surface area contributed by atoms with Gasteiger partial charge in [0, 0.05) is 23.7 Å². The van der Waals surface area contributed by atoms with E-state index in [1.807, 2.05) is 6.92 Å². The normalized spacial score (nSPS) is 17.8. The summed E-state index contributed by atoms with van der Waals surface area (Å²) < 4.78 is 33.1. The number of halogens is 1. The zero-order valence-corrected chi connectivity index (χ0v) is 15.8.